The number of hydrogen-bond donors (Lipinski definition) is 2. The molecule has 3 heteroatoms. The van der Waals surface area contributed by atoms with Gasteiger partial charge in [0.15, 0.2) is 0 Å². The summed E-state index contributed by atoms with van der Waals surface area (Å²) in [4.78, 5) is 9.96. The minimum absolute atomic E-state index is 0.546. The molecule has 0 aliphatic heterocycles. The largest absolute Gasteiger partial charge is 0.368 e. The molecule has 0 heterocycles. The van der Waals surface area contributed by atoms with E-state index < -0.39 is 11.9 Å². The lowest BCUT2D eigenvalue weighted by atomic mass is 10.3. The Labute approximate surface area is 42.0 Å². The predicted octanol–water partition coefficient (Wildman–Crippen LogP) is -1.02. The number of carbonyl (C=O) groups excluding carboxylic acids is 1. The van der Waals surface area contributed by atoms with Gasteiger partial charge in [-0.05, 0) is 0 Å². The molecular formula is C4H8N2O. The molecule has 0 aromatic rings. The van der Waals surface area contributed by atoms with E-state index in [1.54, 1.807) is 0 Å². The van der Waals surface area contributed by atoms with Crippen LogP contribution in [0.4, 0.5) is 0 Å². The molecular weight excluding hydrogens is 92.1 g/mol. The maximum absolute atomic E-state index is 9.96. The molecule has 0 bridgehead atoms. The first-order chi connectivity index (χ1) is 3.18. The van der Waals surface area contributed by atoms with Crippen LogP contribution in [0.5, 0.6) is 0 Å². The molecule has 0 fully saturated rings. The normalized spacial score (nSPS) is 12.7. The Morgan fingerprint density at radius 3 is 2.29 bits per heavy atom. The fraction of sp³-hybridized carbons (Fsp3) is 0.250. The summed E-state index contributed by atoms with van der Waals surface area (Å²) >= 11 is 0. The second-order valence-electron chi connectivity index (χ2n) is 1.16. The third kappa shape index (κ3) is 1.94. The van der Waals surface area contributed by atoms with Gasteiger partial charge in [-0.15, -0.1) is 6.58 Å². The zero-order valence-corrected chi connectivity index (χ0v) is 3.92. The highest BCUT2D eigenvalue weighted by atomic mass is 16.1. The van der Waals surface area contributed by atoms with Crippen molar-refractivity contribution in [3.05, 3.63) is 12.7 Å². The maximum atomic E-state index is 9.96. The van der Waals surface area contributed by atoms with Crippen LogP contribution in [0.2, 0.25) is 0 Å². The Morgan fingerprint density at radius 1 is 1.86 bits per heavy atom. The van der Waals surface area contributed by atoms with Crippen molar-refractivity contribution in [1.29, 1.82) is 0 Å². The van der Waals surface area contributed by atoms with Crippen LogP contribution >= 0.6 is 0 Å². The van der Waals surface area contributed by atoms with E-state index in [4.69, 9.17) is 11.5 Å². The highest BCUT2D eigenvalue weighted by Crippen LogP contribution is 1.71. The molecule has 3 nitrogen and oxygen atoms in total. The third-order valence-electron chi connectivity index (χ3n) is 0.582. The average Bonchev–Trinajstić information content (AvgIpc) is 1.65. The molecule has 0 rings (SSSR count). The fourth-order valence-corrected chi connectivity index (χ4v) is 0.116. The van der Waals surface area contributed by atoms with Gasteiger partial charge in [0, 0.05) is 0 Å². The van der Waals surface area contributed by atoms with Crippen LogP contribution in [0, 0.1) is 0 Å². The number of amides is 1. The first kappa shape index (κ1) is 6.17. The molecule has 0 aromatic carbocycles. The van der Waals surface area contributed by atoms with Crippen molar-refractivity contribution in [1.82, 2.24) is 0 Å². The van der Waals surface area contributed by atoms with Gasteiger partial charge in [0.1, 0.15) is 6.04 Å². The van der Waals surface area contributed by atoms with Crippen LogP contribution in [0.25, 0.3) is 0 Å². The summed E-state index contributed by atoms with van der Waals surface area (Å²) < 4.78 is 0. The first-order valence-electron chi connectivity index (χ1n) is 1.86. The first-order valence-corrected chi connectivity index (χ1v) is 1.86. The zero-order valence-electron chi connectivity index (χ0n) is 3.92. The Hall–Kier alpha value is -0.830. The summed E-state index contributed by atoms with van der Waals surface area (Å²) in [5, 5.41) is 0. The van der Waals surface area contributed by atoms with Crippen molar-refractivity contribution in [2.45, 2.75) is 6.04 Å². The van der Waals surface area contributed by atoms with Gasteiger partial charge in [-0.2, -0.15) is 0 Å². The Bertz CT molecular complexity index is 89.7. The summed E-state index contributed by atoms with van der Waals surface area (Å²) in [7, 11) is 0. The third-order valence-corrected chi connectivity index (χ3v) is 0.582. The van der Waals surface area contributed by atoms with Crippen molar-refractivity contribution in [3.8, 4) is 0 Å². The van der Waals surface area contributed by atoms with Gasteiger partial charge in [-0.25, -0.2) is 0 Å². The van der Waals surface area contributed by atoms with Crippen LogP contribution in [-0.4, -0.2) is 11.9 Å². The van der Waals surface area contributed by atoms with E-state index in [1.165, 1.54) is 6.08 Å². The monoisotopic (exact) mass is 100 g/mol. The molecule has 0 saturated heterocycles. The standard InChI is InChI=1S/C4H8N2O/c1-2-3(5)4(6)7/h2-3H,1,5H2,(H2,6,7). The van der Waals surface area contributed by atoms with Crippen molar-refractivity contribution in [2.75, 3.05) is 0 Å². The van der Waals surface area contributed by atoms with Crippen LogP contribution in [0.15, 0.2) is 12.7 Å². The molecule has 4 N–H and O–H groups in total. The van der Waals surface area contributed by atoms with Crippen LogP contribution in [-0.2, 0) is 4.79 Å². The topological polar surface area (TPSA) is 69.1 Å². The van der Waals surface area contributed by atoms with Crippen LogP contribution < -0.4 is 11.5 Å². The van der Waals surface area contributed by atoms with Gasteiger partial charge in [-0.1, -0.05) is 6.08 Å². The average molecular weight is 100 g/mol. The Balaban J connectivity index is 3.55. The van der Waals surface area contributed by atoms with Crippen molar-refractivity contribution in [2.24, 2.45) is 11.5 Å². The number of rotatable bonds is 2. The maximum Gasteiger partial charge on any atom is 0.238 e. The van der Waals surface area contributed by atoms with Gasteiger partial charge in [0.05, 0.1) is 0 Å². The molecule has 0 spiro atoms. The number of nitrogens with two attached hydrogens (primary N) is 2. The second kappa shape index (κ2) is 2.36. The van der Waals surface area contributed by atoms with Crippen molar-refractivity contribution >= 4 is 5.91 Å². The molecule has 0 aliphatic rings. The molecule has 1 atom stereocenters. The van der Waals surface area contributed by atoms with E-state index in [0.717, 1.165) is 0 Å². The lowest BCUT2D eigenvalue weighted by Crippen LogP contribution is -2.34. The van der Waals surface area contributed by atoms with E-state index in [2.05, 4.69) is 6.58 Å². The van der Waals surface area contributed by atoms with Crippen LogP contribution in [0.3, 0.4) is 0 Å². The van der Waals surface area contributed by atoms with Gasteiger partial charge in [-0.3, -0.25) is 4.79 Å². The van der Waals surface area contributed by atoms with Gasteiger partial charge in [0.25, 0.3) is 0 Å². The smallest absolute Gasteiger partial charge is 0.238 e. The number of hydrogen-bond acceptors (Lipinski definition) is 2. The van der Waals surface area contributed by atoms with Gasteiger partial charge >= 0.3 is 0 Å². The molecule has 7 heavy (non-hydrogen) atoms. The van der Waals surface area contributed by atoms with Gasteiger partial charge in [0.2, 0.25) is 5.91 Å². The van der Waals surface area contributed by atoms with E-state index in [-0.39, 0.29) is 0 Å². The Morgan fingerprint density at radius 2 is 2.29 bits per heavy atom. The lowest BCUT2D eigenvalue weighted by Gasteiger charge is -1.94. The molecule has 0 aliphatic carbocycles. The quantitative estimate of drug-likeness (QED) is 0.436. The SMILES string of the molecule is C=CC(N)C(N)=O. The summed E-state index contributed by atoms with van der Waals surface area (Å²) in [6.45, 7) is 3.26. The molecule has 0 saturated carbocycles. The van der Waals surface area contributed by atoms with Gasteiger partial charge < -0.3 is 11.5 Å². The summed E-state index contributed by atoms with van der Waals surface area (Å²) in [5.74, 6) is -0.546. The van der Waals surface area contributed by atoms with E-state index in [1.807, 2.05) is 0 Å². The molecule has 0 radical (unpaired) electrons. The van der Waals surface area contributed by atoms with Crippen molar-refractivity contribution < 1.29 is 4.79 Å². The highest BCUT2D eigenvalue weighted by Gasteiger charge is 1.99. The summed E-state index contributed by atoms with van der Waals surface area (Å²) in [6, 6.07) is -0.694. The Kier molecular flexibility index (Phi) is 2.08. The molecule has 1 unspecified atom stereocenters. The van der Waals surface area contributed by atoms with E-state index in [0.29, 0.717) is 0 Å². The summed E-state index contributed by atoms with van der Waals surface area (Å²) in [6.07, 6.45) is 1.29. The minimum atomic E-state index is -0.694. The highest BCUT2D eigenvalue weighted by molar-refractivity contribution is 5.81. The fourth-order valence-electron chi connectivity index (χ4n) is 0.116. The number of carbonyl (C=O) groups is 1. The number of primary amides is 1. The minimum Gasteiger partial charge on any atom is -0.368 e. The predicted molar refractivity (Wildman–Crippen MR) is 27.4 cm³/mol. The lowest BCUT2D eigenvalue weighted by molar-refractivity contribution is -0.118. The zero-order chi connectivity index (χ0) is 5.86. The molecule has 1 amide bonds. The van der Waals surface area contributed by atoms with Crippen LogP contribution in [0.1, 0.15) is 0 Å². The summed E-state index contributed by atoms with van der Waals surface area (Å²) in [5.41, 5.74) is 9.73. The van der Waals surface area contributed by atoms with E-state index >= 15 is 0 Å². The van der Waals surface area contributed by atoms with Crippen molar-refractivity contribution in [3.63, 3.8) is 0 Å². The molecule has 40 valence electrons. The second-order valence-corrected chi connectivity index (χ2v) is 1.16. The molecule has 0 aromatic heterocycles. The van der Waals surface area contributed by atoms with E-state index in [9.17, 15) is 4.79 Å².